The van der Waals surface area contributed by atoms with Gasteiger partial charge in [0.25, 0.3) is 0 Å². The normalized spacial score (nSPS) is 16.3. The van der Waals surface area contributed by atoms with Crippen molar-refractivity contribution in [2.45, 2.75) is 12.5 Å². The van der Waals surface area contributed by atoms with Crippen molar-refractivity contribution in [1.29, 1.82) is 0 Å². The number of amides is 2. The van der Waals surface area contributed by atoms with E-state index >= 15 is 0 Å². The van der Waals surface area contributed by atoms with E-state index in [1.807, 2.05) is 11.2 Å². The minimum Gasteiger partial charge on any atom is -0.339 e. The van der Waals surface area contributed by atoms with Crippen LogP contribution >= 0.6 is 35.5 Å². The smallest absolute Gasteiger partial charge is 0.240 e. The van der Waals surface area contributed by atoms with Gasteiger partial charge in [-0.25, -0.2) is 0 Å². The fourth-order valence-corrected chi connectivity index (χ4v) is 3.27. The monoisotopic (exact) mass is 394 g/mol. The maximum Gasteiger partial charge on any atom is 0.240 e. The highest BCUT2D eigenvalue weighted by molar-refractivity contribution is 7.98. The summed E-state index contributed by atoms with van der Waals surface area (Å²) in [6.07, 6.45) is 2.70. The Labute approximate surface area is 155 Å². The summed E-state index contributed by atoms with van der Waals surface area (Å²) < 4.78 is 0. The van der Waals surface area contributed by atoms with E-state index in [0.29, 0.717) is 44.3 Å². The number of rotatable bonds is 7. The van der Waals surface area contributed by atoms with E-state index in [2.05, 4.69) is 15.5 Å². The van der Waals surface area contributed by atoms with Crippen LogP contribution in [0.5, 0.6) is 0 Å². The summed E-state index contributed by atoms with van der Waals surface area (Å²) in [5.41, 5.74) is 7.50. The lowest BCUT2D eigenvalue weighted by Crippen LogP contribution is -2.54. The number of hydrogen-bond acceptors (Lipinski definition) is 8. The van der Waals surface area contributed by atoms with E-state index < -0.39 is 6.04 Å². The number of anilines is 1. The molecule has 8 nitrogen and oxygen atoms in total. The molecule has 3 N–H and O–H groups in total. The van der Waals surface area contributed by atoms with Gasteiger partial charge in [-0.15, -0.1) is 22.6 Å². The Balaban J connectivity index is 0.00000288. The third-order valence-corrected chi connectivity index (χ3v) is 4.86. The SMILES string of the molecule is CSCCC(N)C(=O)N1CCN(CC(=O)Nc2nncs2)CC1.Cl. The first kappa shape index (κ1) is 21.1. The van der Waals surface area contributed by atoms with Gasteiger partial charge in [-0.2, -0.15) is 11.8 Å². The Morgan fingerprint density at radius 3 is 2.71 bits per heavy atom. The molecule has 0 saturated carbocycles. The number of carbonyl (C=O) groups is 2. The third-order valence-electron chi connectivity index (χ3n) is 3.61. The summed E-state index contributed by atoms with van der Waals surface area (Å²) in [4.78, 5) is 27.9. The van der Waals surface area contributed by atoms with Gasteiger partial charge in [-0.1, -0.05) is 11.3 Å². The summed E-state index contributed by atoms with van der Waals surface area (Å²) in [6.45, 7) is 2.85. The van der Waals surface area contributed by atoms with Gasteiger partial charge in [-0.05, 0) is 18.4 Å². The molecule has 0 spiro atoms. The highest BCUT2D eigenvalue weighted by Crippen LogP contribution is 2.09. The van der Waals surface area contributed by atoms with Crippen molar-refractivity contribution in [3.8, 4) is 0 Å². The van der Waals surface area contributed by atoms with E-state index in [0.717, 1.165) is 5.75 Å². The molecular formula is C13H23ClN6O2S2. The van der Waals surface area contributed by atoms with E-state index in [9.17, 15) is 9.59 Å². The standard InChI is InChI=1S/C13H22N6O2S2.ClH/c1-22-7-2-10(14)12(21)19-5-3-18(4-6-19)8-11(20)16-13-17-15-9-23-13;/h9-10H,2-8,14H2,1H3,(H,16,17,20);1H. The van der Waals surface area contributed by atoms with Crippen LogP contribution in [0.15, 0.2) is 5.51 Å². The zero-order valence-corrected chi connectivity index (χ0v) is 16.0. The number of nitrogens with two attached hydrogens (primary N) is 1. The highest BCUT2D eigenvalue weighted by atomic mass is 35.5. The van der Waals surface area contributed by atoms with Crippen molar-refractivity contribution >= 4 is 52.5 Å². The Morgan fingerprint density at radius 1 is 1.42 bits per heavy atom. The number of piperazine rings is 1. The summed E-state index contributed by atoms with van der Waals surface area (Å²) >= 11 is 2.98. The second-order valence-electron chi connectivity index (χ2n) is 5.28. The van der Waals surface area contributed by atoms with Crippen LogP contribution in [0.4, 0.5) is 5.13 Å². The molecule has 0 aliphatic carbocycles. The van der Waals surface area contributed by atoms with Gasteiger partial charge in [0.1, 0.15) is 5.51 Å². The van der Waals surface area contributed by atoms with Crippen LogP contribution in [0.2, 0.25) is 0 Å². The fraction of sp³-hybridized carbons (Fsp3) is 0.692. The maximum absolute atomic E-state index is 12.2. The molecule has 136 valence electrons. The molecule has 11 heteroatoms. The highest BCUT2D eigenvalue weighted by Gasteiger charge is 2.25. The minimum absolute atomic E-state index is 0. The van der Waals surface area contributed by atoms with Crippen molar-refractivity contribution in [1.82, 2.24) is 20.0 Å². The largest absolute Gasteiger partial charge is 0.339 e. The van der Waals surface area contributed by atoms with Crippen LogP contribution < -0.4 is 11.1 Å². The quantitative estimate of drug-likeness (QED) is 0.676. The van der Waals surface area contributed by atoms with Crippen molar-refractivity contribution in [3.05, 3.63) is 5.51 Å². The minimum atomic E-state index is -0.422. The number of nitrogens with zero attached hydrogens (tertiary/aromatic N) is 4. The van der Waals surface area contributed by atoms with E-state index in [1.54, 1.807) is 22.2 Å². The van der Waals surface area contributed by atoms with Gasteiger partial charge in [0.05, 0.1) is 12.6 Å². The van der Waals surface area contributed by atoms with Crippen LogP contribution in [0.25, 0.3) is 0 Å². The summed E-state index contributed by atoms with van der Waals surface area (Å²) in [7, 11) is 0. The van der Waals surface area contributed by atoms with Gasteiger partial charge >= 0.3 is 0 Å². The molecule has 24 heavy (non-hydrogen) atoms. The Morgan fingerprint density at radius 2 is 2.12 bits per heavy atom. The lowest BCUT2D eigenvalue weighted by atomic mass is 10.2. The first-order chi connectivity index (χ1) is 11.1. The summed E-state index contributed by atoms with van der Waals surface area (Å²) in [5, 5.41) is 10.7. The summed E-state index contributed by atoms with van der Waals surface area (Å²) in [5.74, 6) is 0.786. The van der Waals surface area contributed by atoms with Crippen LogP contribution in [-0.2, 0) is 9.59 Å². The predicted octanol–water partition coefficient (Wildman–Crippen LogP) is 0.123. The molecule has 1 fully saturated rings. The number of nitrogens with one attached hydrogen (secondary N) is 1. The average molecular weight is 395 g/mol. The Kier molecular flexibility index (Phi) is 9.52. The van der Waals surface area contributed by atoms with Gasteiger partial charge in [-0.3, -0.25) is 19.8 Å². The zero-order valence-electron chi connectivity index (χ0n) is 13.5. The number of halogens is 1. The molecule has 1 aliphatic rings. The van der Waals surface area contributed by atoms with E-state index in [1.165, 1.54) is 11.3 Å². The first-order valence-electron chi connectivity index (χ1n) is 7.42. The third kappa shape index (κ3) is 6.52. The molecule has 0 bridgehead atoms. The van der Waals surface area contributed by atoms with Crippen LogP contribution in [0.1, 0.15) is 6.42 Å². The second-order valence-corrected chi connectivity index (χ2v) is 7.10. The molecule has 0 radical (unpaired) electrons. The molecule has 2 rings (SSSR count). The van der Waals surface area contributed by atoms with Crippen molar-refractivity contribution in [2.75, 3.05) is 50.0 Å². The molecule has 0 aromatic carbocycles. The summed E-state index contributed by atoms with van der Waals surface area (Å²) in [6, 6.07) is -0.422. The molecule has 1 saturated heterocycles. The lowest BCUT2D eigenvalue weighted by molar-refractivity contribution is -0.134. The van der Waals surface area contributed by atoms with Crippen LogP contribution in [0.3, 0.4) is 0 Å². The number of aromatic nitrogens is 2. The maximum atomic E-state index is 12.2. The van der Waals surface area contributed by atoms with Crippen molar-refractivity contribution in [2.24, 2.45) is 5.73 Å². The molecule has 1 aromatic heterocycles. The molecule has 2 amide bonds. The van der Waals surface area contributed by atoms with Gasteiger partial charge in [0.2, 0.25) is 16.9 Å². The Hall–Kier alpha value is -0.940. The van der Waals surface area contributed by atoms with Gasteiger partial charge < -0.3 is 10.6 Å². The average Bonchev–Trinajstić information content (AvgIpc) is 3.05. The second kappa shape index (κ2) is 10.8. The topological polar surface area (TPSA) is 104 Å². The molecule has 1 unspecified atom stereocenters. The van der Waals surface area contributed by atoms with Crippen LogP contribution in [0, 0.1) is 0 Å². The van der Waals surface area contributed by atoms with Crippen molar-refractivity contribution in [3.63, 3.8) is 0 Å². The predicted molar refractivity (Wildman–Crippen MR) is 99.8 cm³/mol. The molecule has 1 aliphatic heterocycles. The van der Waals surface area contributed by atoms with Crippen molar-refractivity contribution < 1.29 is 9.59 Å². The molecule has 1 atom stereocenters. The molecule has 1 aromatic rings. The van der Waals surface area contributed by atoms with E-state index in [4.69, 9.17) is 5.73 Å². The first-order valence-corrected chi connectivity index (χ1v) is 9.69. The van der Waals surface area contributed by atoms with Gasteiger partial charge in [0.15, 0.2) is 0 Å². The van der Waals surface area contributed by atoms with Crippen LogP contribution in [-0.4, -0.2) is 82.6 Å². The van der Waals surface area contributed by atoms with Gasteiger partial charge in [0, 0.05) is 26.2 Å². The number of carbonyl (C=O) groups excluding carboxylic acids is 2. The molecular weight excluding hydrogens is 372 g/mol. The fourth-order valence-electron chi connectivity index (χ4n) is 2.32. The molecule has 2 heterocycles. The Bertz CT molecular complexity index is 511. The van der Waals surface area contributed by atoms with E-state index in [-0.39, 0.29) is 24.2 Å². The lowest BCUT2D eigenvalue weighted by Gasteiger charge is -2.35. The number of thioether (sulfide) groups is 1. The number of hydrogen-bond donors (Lipinski definition) is 2. The zero-order chi connectivity index (χ0) is 16.7.